The largest absolute Gasteiger partial charge is 0.507 e. The van der Waals surface area contributed by atoms with Crippen LogP contribution in [-0.4, -0.2) is 13.2 Å². The minimum absolute atomic E-state index is 0.286. The van der Waals surface area contributed by atoms with Gasteiger partial charge < -0.3 is 5.11 Å². The molecule has 0 spiro atoms. The molecular formula is C17H18OSi. The van der Waals surface area contributed by atoms with Crippen LogP contribution in [0.5, 0.6) is 5.75 Å². The Morgan fingerprint density at radius 3 is 2.21 bits per heavy atom. The number of phenols is 1. The molecule has 0 aromatic heterocycles. The van der Waals surface area contributed by atoms with E-state index in [1.54, 1.807) is 6.07 Å². The predicted octanol–water partition coefficient (Wildman–Crippen LogP) is 4.29. The first kappa shape index (κ1) is 13.4. The molecule has 0 unspecified atom stereocenters. The molecular weight excluding hydrogens is 248 g/mol. The quantitative estimate of drug-likeness (QED) is 0.603. The Balaban J connectivity index is 2.35. The average molecular weight is 266 g/mol. The van der Waals surface area contributed by atoms with Crippen LogP contribution in [0.3, 0.4) is 0 Å². The first-order valence-corrected chi connectivity index (χ1v) is 9.87. The lowest BCUT2D eigenvalue weighted by molar-refractivity contribution is 0.477. The lowest BCUT2D eigenvalue weighted by atomic mass is 10.0. The Labute approximate surface area is 115 Å². The second-order valence-electron chi connectivity index (χ2n) is 5.60. The number of hydrogen-bond acceptors (Lipinski definition) is 1. The van der Waals surface area contributed by atoms with Gasteiger partial charge in [0.15, 0.2) is 0 Å². The molecule has 0 fully saturated rings. The number of aromatic hydroxyl groups is 1. The average Bonchev–Trinajstić information content (AvgIpc) is 2.37. The molecule has 1 nitrogen and oxygen atoms in total. The fraction of sp³-hybridized carbons (Fsp3) is 0.176. The van der Waals surface area contributed by atoms with Gasteiger partial charge in [-0.25, -0.2) is 0 Å². The number of benzene rings is 2. The van der Waals surface area contributed by atoms with Crippen LogP contribution in [-0.2, 0) is 0 Å². The second-order valence-corrected chi connectivity index (χ2v) is 10.3. The van der Waals surface area contributed by atoms with Crippen molar-refractivity contribution in [3.63, 3.8) is 0 Å². The van der Waals surface area contributed by atoms with Crippen molar-refractivity contribution in [1.29, 1.82) is 0 Å². The van der Waals surface area contributed by atoms with Crippen molar-refractivity contribution in [2.75, 3.05) is 0 Å². The molecule has 19 heavy (non-hydrogen) atoms. The minimum atomic E-state index is -1.38. The van der Waals surface area contributed by atoms with Gasteiger partial charge in [-0.2, -0.15) is 0 Å². The van der Waals surface area contributed by atoms with Gasteiger partial charge in [0, 0.05) is 11.1 Å². The van der Waals surface area contributed by atoms with E-state index in [0.717, 1.165) is 16.7 Å². The third-order valence-corrected chi connectivity index (χ3v) is 3.54. The van der Waals surface area contributed by atoms with Gasteiger partial charge in [0.25, 0.3) is 0 Å². The monoisotopic (exact) mass is 266 g/mol. The fourth-order valence-electron chi connectivity index (χ4n) is 1.73. The summed E-state index contributed by atoms with van der Waals surface area (Å²) in [5, 5.41) is 10.1. The Morgan fingerprint density at radius 1 is 0.947 bits per heavy atom. The Hall–Kier alpha value is -1.98. The molecule has 0 aliphatic carbocycles. The zero-order valence-electron chi connectivity index (χ0n) is 11.6. The van der Waals surface area contributed by atoms with Gasteiger partial charge in [-0.3, -0.25) is 0 Å². The van der Waals surface area contributed by atoms with Crippen LogP contribution < -0.4 is 0 Å². The predicted molar refractivity (Wildman–Crippen MR) is 83.8 cm³/mol. The van der Waals surface area contributed by atoms with Crippen LogP contribution >= 0.6 is 0 Å². The van der Waals surface area contributed by atoms with E-state index in [1.165, 1.54) is 0 Å². The summed E-state index contributed by atoms with van der Waals surface area (Å²) in [4.78, 5) is 0. The lowest BCUT2D eigenvalue weighted by Gasteiger charge is -2.06. The van der Waals surface area contributed by atoms with E-state index in [1.807, 2.05) is 42.5 Å². The highest BCUT2D eigenvalue weighted by molar-refractivity contribution is 6.83. The van der Waals surface area contributed by atoms with Gasteiger partial charge in [0.1, 0.15) is 13.8 Å². The maximum Gasteiger partial charge on any atom is 0.129 e. The van der Waals surface area contributed by atoms with Crippen molar-refractivity contribution in [1.82, 2.24) is 0 Å². The molecule has 1 N–H and O–H groups in total. The van der Waals surface area contributed by atoms with E-state index in [9.17, 15) is 5.11 Å². The molecule has 0 atom stereocenters. The summed E-state index contributed by atoms with van der Waals surface area (Å²) in [7, 11) is -1.38. The van der Waals surface area contributed by atoms with E-state index in [0.29, 0.717) is 0 Å². The van der Waals surface area contributed by atoms with Crippen molar-refractivity contribution >= 4 is 8.07 Å². The van der Waals surface area contributed by atoms with Crippen LogP contribution in [0.25, 0.3) is 11.1 Å². The molecule has 96 valence electrons. The highest BCUT2D eigenvalue weighted by atomic mass is 28.3. The summed E-state index contributed by atoms with van der Waals surface area (Å²) < 4.78 is 0. The van der Waals surface area contributed by atoms with E-state index in [4.69, 9.17) is 0 Å². The molecule has 2 heteroatoms. The lowest BCUT2D eigenvalue weighted by Crippen LogP contribution is -2.16. The molecule has 2 aromatic rings. The molecule has 0 aliphatic heterocycles. The minimum Gasteiger partial charge on any atom is -0.507 e. The summed E-state index contributed by atoms with van der Waals surface area (Å²) in [6.07, 6.45) is 0. The molecule has 2 rings (SSSR count). The van der Waals surface area contributed by atoms with Crippen molar-refractivity contribution in [2.24, 2.45) is 0 Å². The zero-order chi connectivity index (χ0) is 13.9. The molecule has 0 saturated carbocycles. The third kappa shape index (κ3) is 3.74. The van der Waals surface area contributed by atoms with E-state index in [2.05, 4.69) is 31.1 Å². The smallest absolute Gasteiger partial charge is 0.129 e. The standard InChI is InChI=1S/C17H18OSi/c1-19(2,3)12-11-14-9-10-16(17(18)13-14)15-7-5-4-6-8-15/h4-10,13,18H,1-3H3. The van der Waals surface area contributed by atoms with Crippen molar-refractivity contribution in [3.8, 4) is 28.3 Å². The highest BCUT2D eigenvalue weighted by Gasteiger charge is 2.08. The summed E-state index contributed by atoms with van der Waals surface area (Å²) in [5.41, 5.74) is 6.04. The third-order valence-electron chi connectivity index (χ3n) is 2.66. The van der Waals surface area contributed by atoms with Gasteiger partial charge in [-0.05, 0) is 23.8 Å². The number of rotatable bonds is 1. The second kappa shape index (κ2) is 5.34. The van der Waals surface area contributed by atoms with Crippen LogP contribution in [0.2, 0.25) is 19.6 Å². The molecule has 0 amide bonds. The molecule has 0 saturated heterocycles. The maximum atomic E-state index is 10.1. The number of hydrogen-bond donors (Lipinski definition) is 1. The normalized spacial score (nSPS) is 10.7. The topological polar surface area (TPSA) is 20.2 Å². The summed E-state index contributed by atoms with van der Waals surface area (Å²) >= 11 is 0. The van der Waals surface area contributed by atoms with Crippen molar-refractivity contribution < 1.29 is 5.11 Å². The number of phenolic OH excluding ortho intramolecular Hbond substituents is 1. The zero-order valence-corrected chi connectivity index (χ0v) is 12.6. The Kier molecular flexibility index (Phi) is 3.78. The van der Waals surface area contributed by atoms with Gasteiger partial charge in [0.2, 0.25) is 0 Å². The van der Waals surface area contributed by atoms with Crippen molar-refractivity contribution in [3.05, 3.63) is 54.1 Å². The van der Waals surface area contributed by atoms with E-state index in [-0.39, 0.29) is 5.75 Å². The maximum absolute atomic E-state index is 10.1. The van der Waals surface area contributed by atoms with Gasteiger partial charge >= 0.3 is 0 Å². The van der Waals surface area contributed by atoms with Crippen LogP contribution in [0.4, 0.5) is 0 Å². The van der Waals surface area contributed by atoms with Gasteiger partial charge in [-0.15, -0.1) is 5.54 Å². The molecule has 0 bridgehead atoms. The van der Waals surface area contributed by atoms with E-state index < -0.39 is 8.07 Å². The van der Waals surface area contributed by atoms with Crippen LogP contribution in [0, 0.1) is 11.5 Å². The van der Waals surface area contributed by atoms with E-state index >= 15 is 0 Å². The summed E-state index contributed by atoms with van der Waals surface area (Å²) in [5.74, 6) is 3.44. The van der Waals surface area contributed by atoms with Gasteiger partial charge in [-0.1, -0.05) is 55.9 Å². The van der Waals surface area contributed by atoms with Crippen LogP contribution in [0.1, 0.15) is 5.56 Å². The molecule has 0 heterocycles. The summed E-state index contributed by atoms with van der Waals surface area (Å²) in [6.45, 7) is 6.62. The van der Waals surface area contributed by atoms with Crippen LogP contribution in [0.15, 0.2) is 48.5 Å². The molecule has 0 radical (unpaired) electrons. The first-order chi connectivity index (χ1) is 8.96. The highest BCUT2D eigenvalue weighted by Crippen LogP contribution is 2.29. The Bertz CT molecular complexity index is 628. The molecule has 2 aromatic carbocycles. The van der Waals surface area contributed by atoms with Crippen molar-refractivity contribution in [2.45, 2.75) is 19.6 Å². The first-order valence-electron chi connectivity index (χ1n) is 6.37. The summed E-state index contributed by atoms with van der Waals surface area (Å²) in [6, 6.07) is 15.5. The SMILES string of the molecule is C[Si](C)(C)C#Cc1ccc(-c2ccccc2)c(O)c1. The molecule has 0 aliphatic rings. The fourth-order valence-corrected chi connectivity index (χ4v) is 2.25. The van der Waals surface area contributed by atoms with Gasteiger partial charge in [0.05, 0.1) is 0 Å². The Morgan fingerprint density at radius 2 is 1.63 bits per heavy atom.